The van der Waals surface area contributed by atoms with E-state index in [1.807, 2.05) is 58.0 Å². The van der Waals surface area contributed by atoms with Gasteiger partial charge >= 0.3 is 0 Å². The maximum atomic E-state index is 13.1. The van der Waals surface area contributed by atoms with Crippen molar-refractivity contribution in [1.82, 2.24) is 10.2 Å². The minimum atomic E-state index is -3.59. The summed E-state index contributed by atoms with van der Waals surface area (Å²) >= 11 is 0. The molecule has 0 aromatic heterocycles. The molecule has 0 saturated carbocycles. The molecular formula is C26H35N5O4S. The number of anilines is 1. The van der Waals surface area contributed by atoms with Crippen molar-refractivity contribution in [2.75, 3.05) is 17.5 Å². The monoisotopic (exact) mass is 513 g/mol. The Labute approximate surface area is 213 Å². The van der Waals surface area contributed by atoms with Crippen molar-refractivity contribution in [3.8, 4) is 0 Å². The average Bonchev–Trinajstić information content (AvgIpc) is 2.88. The zero-order chi connectivity index (χ0) is 26.7. The van der Waals surface area contributed by atoms with Gasteiger partial charge in [-0.2, -0.15) is 0 Å². The summed E-state index contributed by atoms with van der Waals surface area (Å²) < 4.78 is 26.3. The number of hydrogen-bond acceptors (Lipinski definition) is 6. The number of rotatable bonds is 8. The van der Waals surface area contributed by atoms with Crippen molar-refractivity contribution in [2.45, 2.75) is 52.2 Å². The molecular weight excluding hydrogens is 478 g/mol. The lowest BCUT2D eigenvalue weighted by molar-refractivity contribution is -0.132. The topological polar surface area (TPSA) is 134 Å². The van der Waals surface area contributed by atoms with Crippen LogP contribution < -0.4 is 15.8 Å². The van der Waals surface area contributed by atoms with E-state index in [4.69, 9.17) is 5.73 Å². The number of nitrogens with zero attached hydrogens (tertiary/aromatic N) is 2. The van der Waals surface area contributed by atoms with Crippen molar-refractivity contribution >= 4 is 33.4 Å². The lowest BCUT2D eigenvalue weighted by Gasteiger charge is -2.28. The standard InChI is InChI=1S/C26H35N5O4S/c1-17(2)26(4)14-24(32)31(16-23(27)29-26)15-19-11-21(13-22(12-19)30-36(5,34)35)25(33)28-18(3)20-9-7-6-8-10-20/h6-13,17-18,30H,14-16H2,1-5H3,(H2,27,29)(H,28,33)/t18-,26-/m0/s1. The van der Waals surface area contributed by atoms with Crippen molar-refractivity contribution in [1.29, 1.82) is 0 Å². The number of benzene rings is 2. The first-order chi connectivity index (χ1) is 16.8. The molecule has 1 aliphatic heterocycles. The molecule has 1 aliphatic rings. The van der Waals surface area contributed by atoms with Gasteiger partial charge in [0.25, 0.3) is 5.91 Å². The summed E-state index contributed by atoms with van der Waals surface area (Å²) in [6.45, 7) is 8.09. The number of sulfonamides is 1. The van der Waals surface area contributed by atoms with Crippen LogP contribution in [0.2, 0.25) is 0 Å². The highest BCUT2D eigenvalue weighted by Crippen LogP contribution is 2.29. The fourth-order valence-corrected chi connectivity index (χ4v) is 4.64. The number of aliphatic imine (C=N–C) groups is 1. The zero-order valence-corrected chi connectivity index (χ0v) is 22.2. The zero-order valence-electron chi connectivity index (χ0n) is 21.4. The van der Waals surface area contributed by atoms with Gasteiger partial charge in [0.05, 0.1) is 30.8 Å². The van der Waals surface area contributed by atoms with E-state index in [9.17, 15) is 18.0 Å². The third kappa shape index (κ3) is 7.07. The first-order valence-electron chi connectivity index (χ1n) is 11.9. The lowest BCUT2D eigenvalue weighted by Crippen LogP contribution is -2.37. The first-order valence-corrected chi connectivity index (χ1v) is 13.7. The van der Waals surface area contributed by atoms with Crippen molar-refractivity contribution in [3.63, 3.8) is 0 Å². The Morgan fingerprint density at radius 3 is 2.44 bits per heavy atom. The van der Waals surface area contributed by atoms with E-state index in [1.54, 1.807) is 17.0 Å². The van der Waals surface area contributed by atoms with Crippen LogP contribution in [0.1, 0.15) is 61.6 Å². The third-order valence-electron chi connectivity index (χ3n) is 6.44. The summed E-state index contributed by atoms with van der Waals surface area (Å²) in [6.07, 6.45) is 1.24. The number of amides is 2. The van der Waals surface area contributed by atoms with Crippen LogP contribution in [0.5, 0.6) is 0 Å². The molecule has 2 aromatic rings. The summed E-state index contributed by atoms with van der Waals surface area (Å²) in [6, 6.07) is 14.0. The second kappa shape index (κ2) is 10.7. The molecule has 2 amide bonds. The predicted molar refractivity (Wildman–Crippen MR) is 142 cm³/mol. The Kier molecular flexibility index (Phi) is 8.08. The van der Waals surface area contributed by atoms with Crippen LogP contribution >= 0.6 is 0 Å². The normalized spacial score (nSPS) is 19.4. The van der Waals surface area contributed by atoms with Gasteiger partial charge in [-0.3, -0.25) is 19.3 Å². The number of carbonyl (C=O) groups excluding carboxylic acids is 2. The van der Waals surface area contributed by atoms with Crippen molar-refractivity contribution < 1.29 is 18.0 Å². The number of nitrogens with two attached hydrogens (primary N) is 1. The second-order valence-electron chi connectivity index (χ2n) is 9.94. The van der Waals surface area contributed by atoms with Gasteiger partial charge in [0.1, 0.15) is 5.84 Å². The van der Waals surface area contributed by atoms with Crippen LogP contribution in [0.25, 0.3) is 0 Å². The van der Waals surface area contributed by atoms with E-state index in [2.05, 4.69) is 15.0 Å². The van der Waals surface area contributed by atoms with Gasteiger partial charge in [0.15, 0.2) is 0 Å². The van der Waals surface area contributed by atoms with Gasteiger partial charge in [-0.25, -0.2) is 8.42 Å². The van der Waals surface area contributed by atoms with Gasteiger partial charge in [0, 0.05) is 17.8 Å². The van der Waals surface area contributed by atoms with Crippen molar-refractivity contribution in [3.05, 3.63) is 65.2 Å². The molecule has 0 unspecified atom stereocenters. The highest BCUT2D eigenvalue weighted by molar-refractivity contribution is 7.92. The molecule has 0 fully saturated rings. The number of nitrogens with one attached hydrogen (secondary N) is 2. The molecule has 36 heavy (non-hydrogen) atoms. The molecule has 2 atom stereocenters. The Balaban J connectivity index is 1.89. The predicted octanol–water partition coefficient (Wildman–Crippen LogP) is 3.05. The molecule has 10 heteroatoms. The number of amidine groups is 1. The van der Waals surface area contributed by atoms with Crippen LogP contribution in [0.4, 0.5) is 5.69 Å². The summed E-state index contributed by atoms with van der Waals surface area (Å²) in [5, 5.41) is 2.95. The second-order valence-corrected chi connectivity index (χ2v) is 11.7. The van der Waals surface area contributed by atoms with Gasteiger partial charge in [-0.15, -0.1) is 0 Å². The quantitative estimate of drug-likeness (QED) is 0.499. The molecule has 0 spiro atoms. The molecule has 9 nitrogen and oxygen atoms in total. The Hall–Kier alpha value is -3.40. The van der Waals surface area contributed by atoms with E-state index in [0.29, 0.717) is 11.4 Å². The summed E-state index contributed by atoms with van der Waals surface area (Å²) in [4.78, 5) is 32.4. The van der Waals surface area contributed by atoms with Crippen LogP contribution in [0.15, 0.2) is 53.5 Å². The number of carbonyl (C=O) groups is 2. The maximum Gasteiger partial charge on any atom is 0.251 e. The van der Waals surface area contributed by atoms with E-state index in [0.717, 1.165) is 11.8 Å². The molecule has 4 N–H and O–H groups in total. The number of hydrogen-bond donors (Lipinski definition) is 3. The van der Waals surface area contributed by atoms with Crippen LogP contribution in [0.3, 0.4) is 0 Å². The van der Waals surface area contributed by atoms with Gasteiger partial charge in [-0.05, 0) is 49.1 Å². The van der Waals surface area contributed by atoms with Crippen LogP contribution in [0, 0.1) is 5.92 Å². The highest BCUT2D eigenvalue weighted by Gasteiger charge is 2.35. The molecule has 0 aliphatic carbocycles. The lowest BCUT2D eigenvalue weighted by atomic mass is 9.85. The first kappa shape index (κ1) is 27.2. The Morgan fingerprint density at radius 1 is 1.17 bits per heavy atom. The van der Waals surface area contributed by atoms with Crippen LogP contribution in [-0.2, 0) is 21.4 Å². The SMILES string of the molecule is CC(C)[C@]1(C)CC(=O)N(Cc2cc(NS(C)(=O)=O)cc(C(=O)N[C@@H](C)c3ccccc3)c2)CC(N)=N1. The smallest absolute Gasteiger partial charge is 0.251 e. The van der Waals surface area contributed by atoms with Gasteiger partial charge in [-0.1, -0.05) is 44.2 Å². The minimum absolute atomic E-state index is 0.111. The van der Waals surface area contributed by atoms with E-state index in [-0.39, 0.29) is 54.5 Å². The largest absolute Gasteiger partial charge is 0.386 e. The Morgan fingerprint density at radius 2 is 1.83 bits per heavy atom. The fraction of sp³-hybridized carbons (Fsp3) is 0.423. The molecule has 0 saturated heterocycles. The molecule has 194 valence electrons. The molecule has 2 aromatic carbocycles. The molecule has 3 rings (SSSR count). The molecule has 1 heterocycles. The van der Waals surface area contributed by atoms with Gasteiger partial charge in [0.2, 0.25) is 15.9 Å². The minimum Gasteiger partial charge on any atom is -0.386 e. The van der Waals surface area contributed by atoms with Gasteiger partial charge < -0.3 is 16.0 Å². The average molecular weight is 514 g/mol. The van der Waals surface area contributed by atoms with E-state index < -0.39 is 15.6 Å². The summed E-state index contributed by atoms with van der Waals surface area (Å²) in [7, 11) is -3.59. The Bertz CT molecular complexity index is 1260. The van der Waals surface area contributed by atoms with Crippen LogP contribution in [-0.4, -0.2) is 49.3 Å². The highest BCUT2D eigenvalue weighted by atomic mass is 32.2. The maximum absolute atomic E-state index is 13.1. The fourth-order valence-electron chi connectivity index (χ4n) is 4.09. The van der Waals surface area contributed by atoms with E-state index >= 15 is 0 Å². The molecule has 0 radical (unpaired) electrons. The molecule has 0 bridgehead atoms. The van der Waals surface area contributed by atoms with Crippen molar-refractivity contribution in [2.24, 2.45) is 16.6 Å². The summed E-state index contributed by atoms with van der Waals surface area (Å²) in [5.74, 6) is 0.00208. The summed E-state index contributed by atoms with van der Waals surface area (Å²) in [5.41, 5.74) is 7.60. The third-order valence-corrected chi connectivity index (χ3v) is 7.04. The van der Waals surface area contributed by atoms with E-state index in [1.165, 1.54) is 6.07 Å².